The largest absolute Gasteiger partial charge is 0.435 e. The minimum absolute atomic E-state index is 0. The summed E-state index contributed by atoms with van der Waals surface area (Å²) in [5.74, 6) is 0. The van der Waals surface area contributed by atoms with Crippen LogP contribution in [-0.4, -0.2) is 4.89 Å². The maximum atomic E-state index is 9.49. The lowest BCUT2D eigenvalue weighted by Gasteiger charge is -1.84. The van der Waals surface area contributed by atoms with Gasteiger partial charge in [-0.15, -0.1) is 0 Å². The Kier molecular flexibility index (Phi) is 8.00. The fraction of sp³-hybridized carbons (Fsp3) is 0. The summed E-state index contributed by atoms with van der Waals surface area (Å²) in [5.41, 5.74) is 0. The maximum absolute atomic E-state index is 9.49. The first-order valence-corrected chi connectivity index (χ1v) is 2.54. The quantitative estimate of drug-likeness (QED) is 0.420. The van der Waals surface area contributed by atoms with Crippen LogP contribution in [0.3, 0.4) is 0 Å². The zero-order valence-corrected chi connectivity index (χ0v) is 4.76. The Labute approximate surface area is 42.3 Å². The molecule has 0 aliphatic heterocycles. The summed E-state index contributed by atoms with van der Waals surface area (Å²) in [4.78, 5) is 7.81. The van der Waals surface area contributed by atoms with Gasteiger partial charge in [0.2, 0.25) is 0 Å². The number of hydrogen-bond acceptors (Lipinski definition) is 3. The fourth-order valence-electron chi connectivity index (χ4n) is 0.0713. The molecule has 4 nitrogen and oxygen atoms in total. The van der Waals surface area contributed by atoms with Gasteiger partial charge in [-0.25, -0.2) is 4.57 Å². The summed E-state index contributed by atoms with van der Waals surface area (Å²) in [7, 11) is -2.75. The molecule has 0 aromatic rings. The van der Waals surface area contributed by atoms with Crippen LogP contribution in [0.4, 0.5) is 0 Å². The first-order chi connectivity index (χ1) is 2.77. The molecule has 0 saturated heterocycles. The van der Waals surface area contributed by atoms with Crippen LogP contribution in [0, 0.1) is 0 Å². The van der Waals surface area contributed by atoms with Gasteiger partial charge in [-0.3, -0.25) is 0 Å². The number of rotatable bonds is 2. The Hall–Kier alpha value is -0.310. The molecule has 0 aliphatic carbocycles. The van der Waals surface area contributed by atoms with Crippen LogP contribution < -0.4 is 6.15 Å². The minimum Gasteiger partial charge on any atom is -0.435 e. The van der Waals surface area contributed by atoms with Crippen LogP contribution in [0.15, 0.2) is 12.8 Å². The molecular weight excluding hydrogens is 117 g/mol. The van der Waals surface area contributed by atoms with E-state index < -0.39 is 8.25 Å². The van der Waals surface area contributed by atoms with Crippen molar-refractivity contribution in [2.45, 2.75) is 0 Å². The lowest BCUT2D eigenvalue weighted by molar-refractivity contribution is 0.379. The van der Waals surface area contributed by atoms with E-state index in [1.807, 2.05) is 0 Å². The lowest BCUT2D eigenvalue weighted by Crippen LogP contribution is -1.55. The third-order valence-corrected chi connectivity index (χ3v) is 0.552. The van der Waals surface area contributed by atoms with Crippen LogP contribution in [-0.2, 0) is 9.09 Å². The van der Waals surface area contributed by atoms with Crippen molar-refractivity contribution in [3.63, 3.8) is 0 Å². The van der Waals surface area contributed by atoms with Gasteiger partial charge in [0, 0.05) is 0 Å². The van der Waals surface area contributed by atoms with Crippen molar-refractivity contribution in [1.29, 1.82) is 0 Å². The van der Waals surface area contributed by atoms with Crippen molar-refractivity contribution < 1.29 is 14.0 Å². The van der Waals surface area contributed by atoms with E-state index >= 15 is 0 Å². The molecule has 0 aromatic carbocycles. The van der Waals surface area contributed by atoms with Gasteiger partial charge in [0.25, 0.3) is 0 Å². The molecule has 0 heterocycles. The third-order valence-electron chi connectivity index (χ3n) is 0.184. The molecule has 44 valence electrons. The van der Waals surface area contributed by atoms with Crippen molar-refractivity contribution in [3.05, 3.63) is 12.8 Å². The van der Waals surface area contributed by atoms with Gasteiger partial charge < -0.3 is 15.6 Å². The summed E-state index contributed by atoms with van der Waals surface area (Å²) < 4.78 is 13.4. The van der Waals surface area contributed by atoms with E-state index in [9.17, 15) is 4.57 Å². The van der Waals surface area contributed by atoms with E-state index in [2.05, 4.69) is 11.1 Å². The second-order valence-corrected chi connectivity index (χ2v) is 1.32. The Morgan fingerprint density at radius 1 is 1.86 bits per heavy atom. The van der Waals surface area contributed by atoms with Crippen LogP contribution in [0.2, 0.25) is 0 Å². The average molecular weight is 125 g/mol. The van der Waals surface area contributed by atoms with E-state index in [1.54, 1.807) is 0 Å². The number of hydrogen-bond donors (Lipinski definition) is 2. The molecule has 0 rings (SSSR count). The normalized spacial score (nSPS) is 11.0. The Balaban J connectivity index is 0. The summed E-state index contributed by atoms with van der Waals surface area (Å²) in [6, 6.07) is 0. The van der Waals surface area contributed by atoms with E-state index in [-0.39, 0.29) is 6.15 Å². The van der Waals surface area contributed by atoms with E-state index in [0.717, 1.165) is 6.26 Å². The van der Waals surface area contributed by atoms with Crippen molar-refractivity contribution >= 4 is 8.25 Å². The first-order valence-electron chi connectivity index (χ1n) is 1.28. The molecule has 0 amide bonds. The molecule has 5 heteroatoms. The van der Waals surface area contributed by atoms with Crippen LogP contribution in [0.1, 0.15) is 0 Å². The zero-order valence-electron chi connectivity index (χ0n) is 3.76. The predicted molar refractivity (Wildman–Crippen MR) is 27.5 cm³/mol. The smallest absolute Gasteiger partial charge is 0.364 e. The van der Waals surface area contributed by atoms with Gasteiger partial charge in [-0.2, -0.15) is 0 Å². The molecule has 0 aliphatic rings. The summed E-state index contributed by atoms with van der Waals surface area (Å²) in [5, 5.41) is 0. The molecule has 0 bridgehead atoms. The molecule has 0 fully saturated rings. The topological polar surface area (TPSA) is 81.5 Å². The van der Waals surface area contributed by atoms with Gasteiger partial charge in [0.15, 0.2) is 0 Å². The van der Waals surface area contributed by atoms with Crippen LogP contribution in [0.25, 0.3) is 0 Å². The Morgan fingerprint density at radius 2 is 2.29 bits per heavy atom. The summed E-state index contributed by atoms with van der Waals surface area (Å²) in [6.45, 7) is 3.04. The van der Waals surface area contributed by atoms with Crippen LogP contribution in [0.5, 0.6) is 0 Å². The molecule has 0 saturated carbocycles. The monoisotopic (exact) mass is 125 g/mol. The minimum atomic E-state index is -2.75. The Morgan fingerprint density at radius 3 is 2.29 bits per heavy atom. The van der Waals surface area contributed by atoms with Crippen molar-refractivity contribution in [2.75, 3.05) is 0 Å². The highest BCUT2D eigenvalue weighted by molar-refractivity contribution is 7.32. The third kappa shape index (κ3) is 10.7. The molecule has 7 heavy (non-hydrogen) atoms. The average Bonchev–Trinajstić information content (AvgIpc) is 1.35. The van der Waals surface area contributed by atoms with E-state index in [0.29, 0.717) is 0 Å². The second kappa shape index (κ2) is 5.69. The summed E-state index contributed by atoms with van der Waals surface area (Å²) >= 11 is 0. The predicted octanol–water partition coefficient (Wildman–Crippen LogP) is 0.690. The highest BCUT2D eigenvalue weighted by Crippen LogP contribution is 2.12. The van der Waals surface area contributed by atoms with Gasteiger partial charge in [0.1, 0.15) is 0 Å². The Bertz CT molecular complexity index is 73.3. The van der Waals surface area contributed by atoms with Gasteiger partial charge in [-0.05, 0) is 0 Å². The zero-order chi connectivity index (χ0) is 4.99. The van der Waals surface area contributed by atoms with Crippen molar-refractivity contribution in [3.8, 4) is 0 Å². The van der Waals surface area contributed by atoms with Gasteiger partial charge in [-0.1, -0.05) is 6.58 Å². The summed E-state index contributed by atoms with van der Waals surface area (Å²) in [6.07, 6.45) is 0.932. The standard InChI is InChI=1S/C2H5O3P.H3N/c1-2-5-6(3)4;/h2,6H,1H2,(H,3,4);1H3. The second-order valence-electron chi connectivity index (χ2n) is 0.550. The molecule has 0 spiro atoms. The van der Waals surface area contributed by atoms with Crippen molar-refractivity contribution in [2.24, 2.45) is 0 Å². The lowest BCUT2D eigenvalue weighted by atomic mass is 11.2. The molecule has 1 unspecified atom stereocenters. The highest BCUT2D eigenvalue weighted by Gasteiger charge is 1.77. The van der Waals surface area contributed by atoms with E-state index in [4.69, 9.17) is 4.89 Å². The fourth-order valence-corrected chi connectivity index (χ4v) is 0.214. The maximum Gasteiger partial charge on any atom is 0.364 e. The van der Waals surface area contributed by atoms with Gasteiger partial charge >= 0.3 is 8.25 Å². The molecule has 0 radical (unpaired) electrons. The first kappa shape index (κ1) is 9.85. The molecule has 0 aromatic heterocycles. The highest BCUT2D eigenvalue weighted by atomic mass is 31.1. The van der Waals surface area contributed by atoms with Crippen molar-refractivity contribution in [1.82, 2.24) is 6.15 Å². The molecule has 1 atom stereocenters. The van der Waals surface area contributed by atoms with Crippen LogP contribution >= 0.6 is 8.25 Å². The SMILES string of the molecule is C=CO[PH](=O)O.N. The molecule has 4 N–H and O–H groups in total. The van der Waals surface area contributed by atoms with E-state index in [1.165, 1.54) is 0 Å². The van der Waals surface area contributed by atoms with Gasteiger partial charge in [0.05, 0.1) is 6.26 Å². The molecular formula is C2H8NO3P.